The van der Waals surface area contributed by atoms with E-state index in [1.54, 1.807) is 11.3 Å². The lowest BCUT2D eigenvalue weighted by Gasteiger charge is -2.33. The Bertz CT molecular complexity index is 955. The van der Waals surface area contributed by atoms with Gasteiger partial charge in [-0.05, 0) is 32.6 Å². The summed E-state index contributed by atoms with van der Waals surface area (Å²) in [7, 11) is 0. The number of aromatic nitrogens is 3. The number of aryl methyl sites for hydroxylation is 1. The second-order valence-corrected chi connectivity index (χ2v) is 8.86. The lowest BCUT2D eigenvalue weighted by molar-refractivity contribution is -0.134. The summed E-state index contributed by atoms with van der Waals surface area (Å²) in [5, 5.41) is 5.73. The average Bonchev–Trinajstić information content (AvgIpc) is 3.44. The van der Waals surface area contributed by atoms with Crippen molar-refractivity contribution in [2.45, 2.75) is 32.6 Å². The lowest BCUT2D eigenvalue weighted by atomic mass is 9.97. The van der Waals surface area contributed by atoms with Crippen molar-refractivity contribution in [3.63, 3.8) is 0 Å². The molecule has 0 aliphatic carbocycles. The third kappa shape index (κ3) is 3.28. The molecule has 3 aromatic rings. The SMILES string of the molecule is Cc1ccc(-c2cn3nc(N4CCC[C@@H](C(=O)N5CCCC5)C4)sc3n2)cc1. The standard InChI is InChI=1S/C21H25N5OS/c1-15-6-8-16(9-7-15)18-14-26-20(22-18)28-21(23-26)25-12-4-5-17(13-25)19(27)24-10-2-3-11-24/h6-9,14,17H,2-5,10-13H2,1H3/t17-/m1/s1. The van der Waals surface area contributed by atoms with E-state index in [9.17, 15) is 4.79 Å². The van der Waals surface area contributed by atoms with Crippen LogP contribution >= 0.6 is 11.3 Å². The minimum Gasteiger partial charge on any atom is -0.346 e. The van der Waals surface area contributed by atoms with Crippen molar-refractivity contribution in [2.75, 3.05) is 31.1 Å². The third-order valence-electron chi connectivity index (χ3n) is 5.84. The molecule has 1 aromatic carbocycles. The van der Waals surface area contributed by atoms with Crippen molar-refractivity contribution in [1.29, 1.82) is 0 Å². The van der Waals surface area contributed by atoms with Crippen LogP contribution in [0.1, 0.15) is 31.2 Å². The van der Waals surface area contributed by atoms with E-state index in [0.717, 1.165) is 73.2 Å². The van der Waals surface area contributed by atoms with Gasteiger partial charge in [-0.15, -0.1) is 5.10 Å². The Kier molecular flexibility index (Phi) is 4.55. The molecule has 2 aliphatic heterocycles. The molecule has 2 saturated heterocycles. The molecule has 0 saturated carbocycles. The van der Waals surface area contributed by atoms with Crippen molar-refractivity contribution < 1.29 is 4.79 Å². The van der Waals surface area contributed by atoms with Gasteiger partial charge in [-0.1, -0.05) is 41.2 Å². The van der Waals surface area contributed by atoms with Gasteiger partial charge in [-0.25, -0.2) is 9.50 Å². The Morgan fingerprint density at radius 3 is 2.64 bits per heavy atom. The van der Waals surface area contributed by atoms with Gasteiger partial charge in [0, 0.05) is 31.7 Å². The van der Waals surface area contributed by atoms with Crippen molar-refractivity contribution in [3.8, 4) is 11.3 Å². The number of nitrogens with zero attached hydrogens (tertiary/aromatic N) is 5. The molecule has 146 valence electrons. The van der Waals surface area contributed by atoms with Gasteiger partial charge >= 0.3 is 0 Å². The Morgan fingerprint density at radius 2 is 1.89 bits per heavy atom. The molecule has 0 radical (unpaired) electrons. The number of amides is 1. The molecule has 4 heterocycles. The number of imidazole rings is 1. The van der Waals surface area contributed by atoms with Crippen LogP contribution in [0.3, 0.4) is 0 Å². The van der Waals surface area contributed by atoms with E-state index in [0.29, 0.717) is 5.91 Å². The highest BCUT2D eigenvalue weighted by Gasteiger charge is 2.31. The number of carbonyl (C=O) groups excluding carboxylic acids is 1. The van der Waals surface area contributed by atoms with Gasteiger partial charge in [0.25, 0.3) is 0 Å². The molecule has 2 aliphatic rings. The number of piperidine rings is 1. The second kappa shape index (κ2) is 7.20. The summed E-state index contributed by atoms with van der Waals surface area (Å²) in [5.74, 6) is 0.441. The zero-order valence-electron chi connectivity index (χ0n) is 16.2. The monoisotopic (exact) mass is 395 g/mol. The summed E-state index contributed by atoms with van der Waals surface area (Å²) in [6.45, 7) is 5.69. The molecule has 6 nitrogen and oxygen atoms in total. The van der Waals surface area contributed by atoms with E-state index >= 15 is 0 Å². The Labute approximate surface area is 168 Å². The molecule has 0 spiro atoms. The van der Waals surface area contributed by atoms with Gasteiger partial charge in [-0.2, -0.15) is 0 Å². The smallest absolute Gasteiger partial charge is 0.227 e. The molecule has 0 bridgehead atoms. The van der Waals surface area contributed by atoms with Gasteiger partial charge < -0.3 is 9.80 Å². The fourth-order valence-electron chi connectivity index (χ4n) is 4.23. The second-order valence-electron chi connectivity index (χ2n) is 7.92. The van der Waals surface area contributed by atoms with Gasteiger partial charge in [0.05, 0.1) is 17.8 Å². The minimum atomic E-state index is 0.103. The highest BCUT2D eigenvalue weighted by molar-refractivity contribution is 7.20. The topological polar surface area (TPSA) is 53.7 Å². The number of carbonyl (C=O) groups is 1. The summed E-state index contributed by atoms with van der Waals surface area (Å²) in [6, 6.07) is 8.41. The van der Waals surface area contributed by atoms with Crippen LogP contribution in [0.15, 0.2) is 30.5 Å². The molecule has 1 amide bonds. The maximum Gasteiger partial charge on any atom is 0.227 e. The molecule has 1 atom stereocenters. The first kappa shape index (κ1) is 17.7. The molecule has 2 aromatic heterocycles. The van der Waals surface area contributed by atoms with Crippen molar-refractivity contribution in [2.24, 2.45) is 5.92 Å². The number of benzene rings is 1. The predicted molar refractivity (Wildman–Crippen MR) is 112 cm³/mol. The van der Waals surface area contributed by atoms with E-state index in [4.69, 9.17) is 10.1 Å². The van der Waals surface area contributed by atoms with Gasteiger partial charge in [-0.3, -0.25) is 4.79 Å². The third-order valence-corrected chi connectivity index (χ3v) is 6.82. The lowest BCUT2D eigenvalue weighted by Crippen LogP contribution is -2.44. The summed E-state index contributed by atoms with van der Waals surface area (Å²) in [5.41, 5.74) is 3.30. The summed E-state index contributed by atoms with van der Waals surface area (Å²) >= 11 is 1.61. The number of hydrogen-bond acceptors (Lipinski definition) is 5. The van der Waals surface area contributed by atoms with Crippen LogP contribution in [-0.2, 0) is 4.79 Å². The number of likely N-dealkylation sites (tertiary alicyclic amines) is 1. The molecule has 0 unspecified atom stereocenters. The zero-order chi connectivity index (χ0) is 19.1. The van der Waals surface area contributed by atoms with E-state index in [1.165, 1.54) is 5.56 Å². The summed E-state index contributed by atoms with van der Waals surface area (Å²) in [4.78, 5) is 22.8. The first-order chi connectivity index (χ1) is 13.7. The van der Waals surface area contributed by atoms with Crippen LogP contribution in [-0.4, -0.2) is 51.6 Å². The van der Waals surface area contributed by atoms with E-state index in [2.05, 4.69) is 41.0 Å². The van der Waals surface area contributed by atoms with Crippen molar-refractivity contribution >= 4 is 27.3 Å². The maximum absolute atomic E-state index is 12.8. The number of rotatable bonds is 3. The molecule has 2 fully saturated rings. The van der Waals surface area contributed by atoms with Crippen LogP contribution < -0.4 is 4.90 Å². The zero-order valence-corrected chi connectivity index (χ0v) is 17.0. The van der Waals surface area contributed by atoms with Gasteiger partial charge in [0.2, 0.25) is 16.0 Å². The maximum atomic E-state index is 12.8. The fourth-order valence-corrected chi connectivity index (χ4v) is 5.15. The van der Waals surface area contributed by atoms with Crippen LogP contribution in [0.5, 0.6) is 0 Å². The van der Waals surface area contributed by atoms with Crippen LogP contribution in [0.2, 0.25) is 0 Å². The molecule has 0 N–H and O–H groups in total. The highest BCUT2D eigenvalue weighted by atomic mass is 32.1. The molecule has 5 rings (SSSR count). The van der Waals surface area contributed by atoms with E-state index in [-0.39, 0.29) is 5.92 Å². The first-order valence-electron chi connectivity index (χ1n) is 10.1. The van der Waals surface area contributed by atoms with Crippen LogP contribution in [0, 0.1) is 12.8 Å². The largest absolute Gasteiger partial charge is 0.346 e. The number of hydrogen-bond donors (Lipinski definition) is 0. The van der Waals surface area contributed by atoms with Crippen LogP contribution in [0.4, 0.5) is 5.13 Å². The Hall–Kier alpha value is -2.41. The normalized spacial score (nSPS) is 20.2. The Morgan fingerprint density at radius 1 is 1.11 bits per heavy atom. The van der Waals surface area contributed by atoms with Crippen molar-refractivity contribution in [1.82, 2.24) is 19.5 Å². The van der Waals surface area contributed by atoms with E-state index in [1.807, 2.05) is 10.7 Å². The Balaban J connectivity index is 1.33. The van der Waals surface area contributed by atoms with E-state index < -0.39 is 0 Å². The van der Waals surface area contributed by atoms with Crippen molar-refractivity contribution in [3.05, 3.63) is 36.0 Å². The van der Waals surface area contributed by atoms with Gasteiger partial charge in [0.15, 0.2) is 0 Å². The fraction of sp³-hybridized carbons (Fsp3) is 0.476. The first-order valence-corrected chi connectivity index (χ1v) is 11.0. The summed E-state index contributed by atoms with van der Waals surface area (Å²) < 4.78 is 1.88. The number of anilines is 1. The predicted octanol–water partition coefficient (Wildman–Crippen LogP) is 3.61. The molecule has 28 heavy (non-hydrogen) atoms. The van der Waals surface area contributed by atoms with Gasteiger partial charge in [0.1, 0.15) is 0 Å². The summed E-state index contributed by atoms with van der Waals surface area (Å²) in [6.07, 6.45) is 6.33. The molecular weight excluding hydrogens is 370 g/mol. The number of fused-ring (bicyclic) bond motifs is 1. The minimum absolute atomic E-state index is 0.103. The quantitative estimate of drug-likeness (QED) is 0.680. The van der Waals surface area contributed by atoms with Crippen LogP contribution in [0.25, 0.3) is 16.2 Å². The average molecular weight is 396 g/mol. The molecular formula is C21H25N5OS. The highest BCUT2D eigenvalue weighted by Crippen LogP contribution is 2.30. The molecule has 7 heteroatoms.